The van der Waals surface area contributed by atoms with Gasteiger partial charge in [-0.3, -0.25) is 10.1 Å². The van der Waals surface area contributed by atoms with Crippen LogP contribution < -0.4 is 16.0 Å². The van der Waals surface area contributed by atoms with Crippen molar-refractivity contribution in [2.75, 3.05) is 11.9 Å². The first-order valence-electron chi connectivity index (χ1n) is 7.40. The van der Waals surface area contributed by atoms with Crippen molar-refractivity contribution in [1.29, 1.82) is 0 Å². The fourth-order valence-corrected chi connectivity index (χ4v) is 2.14. The maximum atomic E-state index is 13.7. The van der Waals surface area contributed by atoms with Crippen molar-refractivity contribution in [1.82, 2.24) is 5.32 Å². The van der Waals surface area contributed by atoms with Crippen LogP contribution in [0.5, 0.6) is 0 Å². The zero-order chi connectivity index (χ0) is 17.5. The number of halogens is 2. The smallest absolute Gasteiger partial charge is 0.326 e. The Labute approximate surface area is 138 Å². The zero-order valence-electron chi connectivity index (χ0n) is 13.1. The second kappa shape index (κ2) is 8.16. The Morgan fingerprint density at radius 2 is 1.83 bits per heavy atom. The number of imide groups is 1. The van der Waals surface area contributed by atoms with Gasteiger partial charge in [-0.15, -0.1) is 0 Å². The van der Waals surface area contributed by atoms with Gasteiger partial charge in [-0.1, -0.05) is 18.2 Å². The molecule has 4 N–H and O–H groups in total. The fourth-order valence-electron chi connectivity index (χ4n) is 2.14. The minimum atomic E-state index is -0.666. The summed E-state index contributed by atoms with van der Waals surface area (Å²) in [4.78, 5) is 23.4. The average molecular weight is 334 g/mol. The quantitative estimate of drug-likeness (QED) is 0.782. The zero-order valence-corrected chi connectivity index (χ0v) is 13.1. The molecule has 3 amide bonds. The Kier molecular flexibility index (Phi) is 5.97. The summed E-state index contributed by atoms with van der Waals surface area (Å²) in [5.41, 5.74) is 0.853. The number of hydrogen-bond donors (Lipinski definition) is 3. The predicted octanol–water partition coefficient (Wildman–Crippen LogP) is 1.94. The topological polar surface area (TPSA) is 74.8 Å². The van der Waals surface area contributed by atoms with E-state index in [0.717, 1.165) is 12.1 Å². The number of carbonyl (C=O) groups excluding carboxylic acids is 2. The van der Waals surface area contributed by atoms with Gasteiger partial charge in [0.2, 0.25) is 0 Å². The van der Waals surface area contributed by atoms with Gasteiger partial charge in [0.05, 0.1) is 0 Å². The molecule has 2 aromatic carbocycles. The van der Waals surface area contributed by atoms with Crippen LogP contribution in [0, 0.1) is 11.6 Å². The first kappa shape index (κ1) is 17.6. The number of nitrogens with one attached hydrogen (secondary N) is 2. The van der Waals surface area contributed by atoms with E-state index in [0.29, 0.717) is 5.69 Å². The van der Waals surface area contributed by atoms with E-state index < -0.39 is 29.6 Å². The van der Waals surface area contributed by atoms with Crippen LogP contribution in [-0.4, -0.2) is 18.5 Å². The van der Waals surface area contributed by atoms with Crippen LogP contribution in [0.25, 0.3) is 0 Å². The second-order valence-electron chi connectivity index (χ2n) is 5.26. The Bertz CT molecular complexity index is 723. The van der Waals surface area contributed by atoms with Crippen LogP contribution in [0.1, 0.15) is 18.5 Å². The van der Waals surface area contributed by atoms with Crippen LogP contribution >= 0.6 is 0 Å². The summed E-state index contributed by atoms with van der Waals surface area (Å²) in [6.07, 6.45) is 0. The van der Waals surface area contributed by atoms with Gasteiger partial charge in [-0.05, 0) is 31.2 Å². The Morgan fingerprint density at radius 3 is 2.50 bits per heavy atom. The highest BCUT2D eigenvalue weighted by Gasteiger charge is 2.17. The van der Waals surface area contributed by atoms with Gasteiger partial charge < -0.3 is 10.6 Å². The molecule has 0 aliphatic heterocycles. The number of rotatable bonds is 5. The molecule has 2 aromatic rings. The third-order valence-corrected chi connectivity index (χ3v) is 3.39. The van der Waals surface area contributed by atoms with E-state index in [9.17, 15) is 18.4 Å². The highest BCUT2D eigenvalue weighted by atomic mass is 19.1. The number of para-hydroxylation sites is 1. The van der Waals surface area contributed by atoms with Gasteiger partial charge in [-0.2, -0.15) is 0 Å². The van der Waals surface area contributed by atoms with E-state index in [1.54, 1.807) is 42.6 Å². The van der Waals surface area contributed by atoms with E-state index in [1.807, 2.05) is 0 Å². The summed E-state index contributed by atoms with van der Waals surface area (Å²) < 4.78 is 26.5. The molecule has 0 saturated carbocycles. The number of amides is 3. The summed E-state index contributed by atoms with van der Waals surface area (Å²) in [7, 11) is 0. The number of urea groups is 1. The minimum Gasteiger partial charge on any atom is -0.332 e. The van der Waals surface area contributed by atoms with Crippen molar-refractivity contribution in [3.05, 3.63) is 65.7 Å². The second-order valence-corrected chi connectivity index (χ2v) is 5.26. The van der Waals surface area contributed by atoms with E-state index in [4.69, 9.17) is 0 Å². The summed E-state index contributed by atoms with van der Waals surface area (Å²) in [6.45, 7) is 1.62. The minimum absolute atomic E-state index is 0.0693. The summed E-state index contributed by atoms with van der Waals surface area (Å²) >= 11 is 0. The van der Waals surface area contributed by atoms with Crippen molar-refractivity contribution >= 4 is 17.6 Å². The van der Waals surface area contributed by atoms with Gasteiger partial charge in [0.25, 0.3) is 5.91 Å². The fraction of sp³-hybridized carbons (Fsp3) is 0.176. The number of nitrogens with two attached hydrogens (primary N) is 1. The molecule has 0 fully saturated rings. The lowest BCUT2D eigenvalue weighted by Gasteiger charge is -2.12. The lowest BCUT2D eigenvalue weighted by atomic mass is 10.1. The first-order chi connectivity index (χ1) is 11.5. The van der Waals surface area contributed by atoms with Crippen molar-refractivity contribution in [2.24, 2.45) is 0 Å². The third kappa shape index (κ3) is 5.13. The molecule has 126 valence electrons. The summed E-state index contributed by atoms with van der Waals surface area (Å²) in [5.74, 6) is -1.84. The molecule has 24 heavy (non-hydrogen) atoms. The van der Waals surface area contributed by atoms with Gasteiger partial charge in [-0.25, -0.2) is 13.6 Å². The van der Waals surface area contributed by atoms with Crippen LogP contribution in [0.4, 0.5) is 19.3 Å². The van der Waals surface area contributed by atoms with Gasteiger partial charge in [0.1, 0.15) is 17.7 Å². The van der Waals surface area contributed by atoms with Gasteiger partial charge in [0, 0.05) is 17.3 Å². The van der Waals surface area contributed by atoms with Crippen molar-refractivity contribution < 1.29 is 23.7 Å². The molecule has 0 aliphatic rings. The lowest BCUT2D eigenvalue weighted by Crippen LogP contribution is -2.87. The molecule has 7 heteroatoms. The van der Waals surface area contributed by atoms with E-state index >= 15 is 0 Å². The first-order valence-corrected chi connectivity index (χ1v) is 7.40. The van der Waals surface area contributed by atoms with Crippen LogP contribution in [0.3, 0.4) is 0 Å². The molecule has 0 unspecified atom stereocenters. The van der Waals surface area contributed by atoms with E-state index in [1.165, 1.54) is 6.07 Å². The molecular weight excluding hydrogens is 316 g/mol. The normalized spacial score (nSPS) is 11.6. The molecule has 0 spiro atoms. The van der Waals surface area contributed by atoms with Crippen molar-refractivity contribution in [3.8, 4) is 0 Å². The molecule has 0 aliphatic carbocycles. The molecule has 0 heterocycles. The number of quaternary nitrogens is 1. The highest BCUT2D eigenvalue weighted by Crippen LogP contribution is 2.14. The number of hydrogen-bond acceptors (Lipinski definition) is 2. The maximum absolute atomic E-state index is 13.7. The summed E-state index contributed by atoms with van der Waals surface area (Å²) in [5, 5.41) is 6.26. The third-order valence-electron chi connectivity index (χ3n) is 3.39. The van der Waals surface area contributed by atoms with Gasteiger partial charge >= 0.3 is 6.03 Å². The summed E-state index contributed by atoms with van der Waals surface area (Å²) in [6, 6.07) is 11.0. The molecule has 0 bridgehead atoms. The lowest BCUT2D eigenvalue weighted by molar-refractivity contribution is -0.682. The Balaban J connectivity index is 1.81. The van der Waals surface area contributed by atoms with Gasteiger partial charge in [0.15, 0.2) is 6.54 Å². The molecule has 2 rings (SSSR count). The number of carbonyl (C=O) groups is 2. The molecule has 0 saturated heterocycles. The average Bonchev–Trinajstić information content (AvgIpc) is 2.53. The highest BCUT2D eigenvalue weighted by molar-refractivity contribution is 6.01. The van der Waals surface area contributed by atoms with Crippen molar-refractivity contribution in [2.45, 2.75) is 13.0 Å². The SMILES string of the molecule is C[C@H]([NH2+]CC(=O)NC(=O)Nc1ccccc1)c1ccc(F)cc1F. The number of benzene rings is 2. The predicted molar refractivity (Wildman–Crippen MR) is 85.2 cm³/mol. The van der Waals surface area contributed by atoms with Crippen LogP contribution in [0.15, 0.2) is 48.5 Å². The monoisotopic (exact) mass is 334 g/mol. The molecular formula is C17H18F2N3O2+. The largest absolute Gasteiger partial charge is 0.332 e. The molecule has 0 radical (unpaired) electrons. The Morgan fingerprint density at radius 1 is 1.12 bits per heavy atom. The van der Waals surface area contributed by atoms with Crippen molar-refractivity contribution in [3.63, 3.8) is 0 Å². The maximum Gasteiger partial charge on any atom is 0.326 e. The standard InChI is InChI=1S/C17H17F2N3O2/c1-11(14-8-7-12(18)9-15(14)19)20-10-16(23)22-17(24)21-13-5-3-2-4-6-13/h2-9,11,20H,10H2,1H3,(H2,21,22,23,24)/p+1/t11-/m0/s1. The van der Waals surface area contributed by atoms with Crippen LogP contribution in [0.2, 0.25) is 0 Å². The number of anilines is 1. The molecule has 5 nitrogen and oxygen atoms in total. The van der Waals surface area contributed by atoms with Crippen LogP contribution in [-0.2, 0) is 4.79 Å². The molecule has 0 aromatic heterocycles. The Hall–Kier alpha value is -2.80. The molecule has 1 atom stereocenters. The van der Waals surface area contributed by atoms with E-state index in [2.05, 4.69) is 10.6 Å². The van der Waals surface area contributed by atoms with E-state index in [-0.39, 0.29) is 12.1 Å².